The first-order valence-corrected chi connectivity index (χ1v) is 8.54. The molecule has 0 aliphatic carbocycles. The second-order valence-corrected chi connectivity index (χ2v) is 6.26. The first-order valence-electron chi connectivity index (χ1n) is 8.54. The summed E-state index contributed by atoms with van der Waals surface area (Å²) in [5.41, 5.74) is 1.80. The van der Waals surface area contributed by atoms with E-state index in [4.69, 9.17) is 0 Å². The van der Waals surface area contributed by atoms with Gasteiger partial charge in [0.25, 0.3) is 5.91 Å². The summed E-state index contributed by atoms with van der Waals surface area (Å²) < 4.78 is 40.8. The molecule has 1 amide bonds. The van der Waals surface area contributed by atoms with Crippen molar-refractivity contribution in [3.8, 4) is 5.88 Å². The lowest BCUT2D eigenvalue weighted by Crippen LogP contribution is -2.28. The number of nitrogens with zero attached hydrogens (tertiary/aromatic N) is 2. The van der Waals surface area contributed by atoms with Crippen LogP contribution in [0.25, 0.3) is 0 Å². The summed E-state index contributed by atoms with van der Waals surface area (Å²) in [6.45, 7) is 0.534. The molecule has 28 heavy (non-hydrogen) atoms. The number of benzene rings is 1. The molecule has 1 aliphatic rings. The second-order valence-electron chi connectivity index (χ2n) is 6.26. The summed E-state index contributed by atoms with van der Waals surface area (Å²) in [4.78, 5) is 19.6. The quantitative estimate of drug-likeness (QED) is 0.779. The number of anilines is 1. The Labute approximate surface area is 166 Å². The number of halogens is 4. The van der Waals surface area contributed by atoms with E-state index in [9.17, 15) is 18.0 Å². The zero-order valence-electron chi connectivity index (χ0n) is 14.8. The maximum atomic E-state index is 12.2. The van der Waals surface area contributed by atoms with Gasteiger partial charge in [0, 0.05) is 12.2 Å². The molecule has 3 rings (SSSR count). The Bertz CT molecular complexity index is 764. The Hall–Kier alpha value is -2.39. The number of ether oxygens (including phenoxy) is 1. The number of carbonyl (C=O) groups is 1. The van der Waals surface area contributed by atoms with Gasteiger partial charge in [-0.15, -0.1) is 12.4 Å². The SMILES string of the molecule is Cl.O=C(Nc1ccc(C2CCCNC2)cc1)c1cnc(OCC(F)(F)F)cn1. The lowest BCUT2D eigenvalue weighted by molar-refractivity contribution is -0.154. The van der Waals surface area contributed by atoms with Gasteiger partial charge in [-0.2, -0.15) is 13.2 Å². The van der Waals surface area contributed by atoms with Crippen LogP contribution in [0, 0.1) is 0 Å². The molecular weight excluding hydrogens is 397 g/mol. The molecule has 1 atom stereocenters. The number of hydrogen-bond acceptors (Lipinski definition) is 5. The van der Waals surface area contributed by atoms with E-state index in [1.807, 2.05) is 24.3 Å². The van der Waals surface area contributed by atoms with Crippen molar-refractivity contribution in [3.05, 3.63) is 47.9 Å². The number of rotatable bonds is 5. The number of alkyl halides is 3. The molecule has 1 saturated heterocycles. The molecular formula is C18H20ClF3N4O2. The highest BCUT2D eigenvalue weighted by atomic mass is 35.5. The molecule has 6 nitrogen and oxygen atoms in total. The standard InChI is InChI=1S/C18H19F3N4O2.ClH/c19-18(20,21)11-27-16-10-23-15(9-24-16)17(26)25-14-5-3-12(4-6-14)13-2-1-7-22-8-13;/h3-6,9-10,13,22H,1-2,7-8,11H2,(H,25,26);1H. The molecule has 152 valence electrons. The molecule has 0 spiro atoms. The van der Waals surface area contributed by atoms with E-state index in [0.29, 0.717) is 11.6 Å². The van der Waals surface area contributed by atoms with E-state index in [1.54, 1.807) is 0 Å². The van der Waals surface area contributed by atoms with Crippen LogP contribution in [0.5, 0.6) is 5.88 Å². The van der Waals surface area contributed by atoms with Crippen LogP contribution in [0.2, 0.25) is 0 Å². The van der Waals surface area contributed by atoms with Crippen LogP contribution in [-0.2, 0) is 0 Å². The summed E-state index contributed by atoms with van der Waals surface area (Å²) >= 11 is 0. The Balaban J connectivity index is 0.00000280. The number of piperidine rings is 1. The average Bonchev–Trinajstić information content (AvgIpc) is 2.67. The number of hydrogen-bond donors (Lipinski definition) is 2. The fourth-order valence-electron chi connectivity index (χ4n) is 2.83. The van der Waals surface area contributed by atoms with E-state index in [-0.39, 0.29) is 24.0 Å². The van der Waals surface area contributed by atoms with Crippen LogP contribution < -0.4 is 15.4 Å². The van der Waals surface area contributed by atoms with Gasteiger partial charge in [-0.05, 0) is 43.0 Å². The maximum Gasteiger partial charge on any atom is 0.422 e. The van der Waals surface area contributed by atoms with Crippen molar-refractivity contribution >= 4 is 24.0 Å². The van der Waals surface area contributed by atoms with Crippen LogP contribution in [0.15, 0.2) is 36.7 Å². The topological polar surface area (TPSA) is 76.1 Å². The monoisotopic (exact) mass is 416 g/mol. The summed E-state index contributed by atoms with van der Waals surface area (Å²) in [6.07, 6.45) is -0.123. The smallest absolute Gasteiger partial charge is 0.422 e. The molecule has 10 heteroatoms. The largest absolute Gasteiger partial charge is 0.467 e. The van der Waals surface area contributed by atoms with Gasteiger partial charge in [0.2, 0.25) is 5.88 Å². The van der Waals surface area contributed by atoms with Crippen molar-refractivity contribution in [1.82, 2.24) is 15.3 Å². The van der Waals surface area contributed by atoms with Crippen LogP contribution in [0.4, 0.5) is 18.9 Å². The minimum atomic E-state index is -4.46. The van der Waals surface area contributed by atoms with Crippen molar-refractivity contribution in [2.45, 2.75) is 24.9 Å². The van der Waals surface area contributed by atoms with Crippen LogP contribution in [0.3, 0.4) is 0 Å². The molecule has 0 bridgehead atoms. The first-order chi connectivity index (χ1) is 12.9. The van der Waals surface area contributed by atoms with Gasteiger partial charge in [0.15, 0.2) is 6.61 Å². The van der Waals surface area contributed by atoms with Crippen LogP contribution >= 0.6 is 12.4 Å². The van der Waals surface area contributed by atoms with Gasteiger partial charge >= 0.3 is 6.18 Å². The fraction of sp³-hybridized carbons (Fsp3) is 0.389. The number of nitrogens with one attached hydrogen (secondary N) is 2. The summed E-state index contributed by atoms with van der Waals surface area (Å²) in [7, 11) is 0. The summed E-state index contributed by atoms with van der Waals surface area (Å²) in [6, 6.07) is 7.59. The van der Waals surface area contributed by atoms with Gasteiger partial charge < -0.3 is 15.4 Å². The second kappa shape index (κ2) is 9.70. The third-order valence-electron chi connectivity index (χ3n) is 4.18. The molecule has 1 unspecified atom stereocenters. The van der Waals surface area contributed by atoms with Gasteiger partial charge in [-0.25, -0.2) is 9.97 Å². The minimum absolute atomic E-state index is 0. The highest BCUT2D eigenvalue weighted by Crippen LogP contribution is 2.24. The number of aromatic nitrogens is 2. The van der Waals surface area contributed by atoms with Gasteiger partial charge in [0.1, 0.15) is 5.69 Å². The van der Waals surface area contributed by atoms with E-state index in [2.05, 4.69) is 25.3 Å². The predicted molar refractivity (Wildman–Crippen MR) is 100 cm³/mol. The highest BCUT2D eigenvalue weighted by Gasteiger charge is 2.28. The van der Waals surface area contributed by atoms with Crippen molar-refractivity contribution in [1.29, 1.82) is 0 Å². The molecule has 1 aromatic heterocycles. The van der Waals surface area contributed by atoms with Gasteiger partial charge in [-0.3, -0.25) is 4.79 Å². The van der Waals surface area contributed by atoms with Crippen molar-refractivity contribution < 1.29 is 22.7 Å². The number of carbonyl (C=O) groups excluding carboxylic acids is 1. The normalized spacial score (nSPS) is 16.8. The lowest BCUT2D eigenvalue weighted by atomic mass is 9.92. The van der Waals surface area contributed by atoms with E-state index in [1.165, 1.54) is 5.56 Å². The van der Waals surface area contributed by atoms with E-state index < -0.39 is 18.7 Å². The predicted octanol–water partition coefficient (Wildman–Crippen LogP) is 3.56. The van der Waals surface area contributed by atoms with E-state index in [0.717, 1.165) is 38.3 Å². The highest BCUT2D eigenvalue weighted by molar-refractivity contribution is 6.02. The third kappa shape index (κ3) is 6.35. The lowest BCUT2D eigenvalue weighted by Gasteiger charge is -2.23. The van der Waals surface area contributed by atoms with Crippen LogP contribution in [0.1, 0.15) is 34.8 Å². The number of amides is 1. The molecule has 1 aromatic carbocycles. The summed E-state index contributed by atoms with van der Waals surface area (Å²) in [5, 5.41) is 6.05. The average molecular weight is 417 g/mol. The molecule has 2 N–H and O–H groups in total. The van der Waals surface area contributed by atoms with Crippen LogP contribution in [-0.4, -0.2) is 41.7 Å². The Morgan fingerprint density at radius 1 is 1.21 bits per heavy atom. The summed E-state index contributed by atoms with van der Waals surface area (Å²) in [5.74, 6) is -0.329. The van der Waals surface area contributed by atoms with Crippen molar-refractivity contribution in [2.75, 3.05) is 25.0 Å². The molecule has 1 aliphatic heterocycles. The third-order valence-corrected chi connectivity index (χ3v) is 4.18. The van der Waals surface area contributed by atoms with E-state index >= 15 is 0 Å². The molecule has 1 fully saturated rings. The van der Waals surface area contributed by atoms with Crippen molar-refractivity contribution in [2.24, 2.45) is 0 Å². The molecule has 2 heterocycles. The molecule has 0 radical (unpaired) electrons. The molecule has 2 aromatic rings. The maximum absolute atomic E-state index is 12.2. The van der Waals surface area contributed by atoms with Crippen molar-refractivity contribution in [3.63, 3.8) is 0 Å². The molecule has 0 saturated carbocycles. The fourth-order valence-corrected chi connectivity index (χ4v) is 2.83. The Morgan fingerprint density at radius 3 is 2.54 bits per heavy atom. The van der Waals surface area contributed by atoms with Gasteiger partial charge in [-0.1, -0.05) is 12.1 Å². The first kappa shape index (κ1) is 21.9. The zero-order valence-corrected chi connectivity index (χ0v) is 15.6. The zero-order chi connectivity index (χ0) is 19.3. The van der Waals surface area contributed by atoms with Gasteiger partial charge in [0.05, 0.1) is 12.4 Å². The minimum Gasteiger partial charge on any atom is -0.467 e. The Morgan fingerprint density at radius 2 is 1.96 bits per heavy atom. The Kier molecular flexibility index (Phi) is 7.59.